The number of amides is 1. The molecule has 2 aromatic carbocycles. The maximum atomic E-state index is 12.4. The highest BCUT2D eigenvalue weighted by Crippen LogP contribution is 2.35. The summed E-state index contributed by atoms with van der Waals surface area (Å²) in [5.74, 6) is -0.337. The summed E-state index contributed by atoms with van der Waals surface area (Å²) in [5, 5.41) is 14.0. The molecule has 11 heteroatoms. The van der Waals surface area contributed by atoms with E-state index in [0.717, 1.165) is 17.7 Å². The van der Waals surface area contributed by atoms with Gasteiger partial charge in [0.25, 0.3) is 11.6 Å². The first kappa shape index (κ1) is 24.3. The highest BCUT2D eigenvalue weighted by molar-refractivity contribution is 5.96. The highest BCUT2D eigenvalue weighted by Gasteiger charge is 2.26. The maximum Gasteiger partial charge on any atom is 0.345 e. The SMILES string of the molecule is CCOc1cc(C(=O)OCC(=O)NCc2ccc(OC)c(OC)c2)c([N+](=O)[O-])cc1OC. The molecule has 0 aliphatic heterocycles. The van der Waals surface area contributed by atoms with Gasteiger partial charge in [0.1, 0.15) is 5.56 Å². The number of hydrogen-bond acceptors (Lipinski definition) is 9. The van der Waals surface area contributed by atoms with Crippen LogP contribution in [0.25, 0.3) is 0 Å². The number of esters is 1. The standard InChI is InChI=1S/C21H24N2O9/c1-5-31-19-9-14(15(23(26)27)10-18(19)30-4)21(25)32-12-20(24)22-11-13-6-7-16(28-2)17(8-13)29-3/h6-10H,5,11-12H2,1-4H3,(H,22,24). The van der Waals surface area contributed by atoms with Crippen molar-refractivity contribution in [3.63, 3.8) is 0 Å². The third-order valence-electron chi connectivity index (χ3n) is 4.27. The van der Waals surface area contributed by atoms with Gasteiger partial charge in [-0.15, -0.1) is 0 Å². The van der Waals surface area contributed by atoms with Crippen LogP contribution in [0.2, 0.25) is 0 Å². The van der Waals surface area contributed by atoms with Crippen molar-refractivity contribution >= 4 is 17.6 Å². The number of benzene rings is 2. The van der Waals surface area contributed by atoms with Crippen molar-refractivity contribution in [3.05, 3.63) is 51.6 Å². The molecule has 32 heavy (non-hydrogen) atoms. The van der Waals surface area contributed by atoms with E-state index in [4.69, 9.17) is 23.7 Å². The monoisotopic (exact) mass is 448 g/mol. The molecule has 0 unspecified atom stereocenters. The number of nitro groups is 1. The molecule has 2 aromatic rings. The smallest absolute Gasteiger partial charge is 0.345 e. The van der Waals surface area contributed by atoms with Crippen molar-refractivity contribution in [2.45, 2.75) is 13.5 Å². The zero-order valence-corrected chi connectivity index (χ0v) is 18.1. The van der Waals surface area contributed by atoms with E-state index in [1.54, 1.807) is 25.1 Å². The van der Waals surface area contributed by atoms with Gasteiger partial charge >= 0.3 is 5.97 Å². The second-order valence-corrected chi connectivity index (χ2v) is 6.25. The van der Waals surface area contributed by atoms with Crippen molar-refractivity contribution < 1.29 is 38.2 Å². The Kier molecular flexibility index (Phi) is 8.63. The first-order chi connectivity index (χ1) is 15.3. The zero-order chi connectivity index (χ0) is 23.7. The van der Waals surface area contributed by atoms with E-state index < -0.39 is 29.1 Å². The lowest BCUT2D eigenvalue weighted by Crippen LogP contribution is -2.28. The molecule has 1 N–H and O–H groups in total. The summed E-state index contributed by atoms with van der Waals surface area (Å²) in [6.45, 7) is 1.48. The van der Waals surface area contributed by atoms with Crippen LogP contribution in [-0.4, -0.2) is 51.3 Å². The summed E-state index contributed by atoms with van der Waals surface area (Å²) in [4.78, 5) is 35.1. The number of nitrogens with one attached hydrogen (secondary N) is 1. The van der Waals surface area contributed by atoms with E-state index in [1.165, 1.54) is 21.3 Å². The van der Waals surface area contributed by atoms with Gasteiger partial charge in [-0.1, -0.05) is 6.07 Å². The number of carbonyl (C=O) groups excluding carboxylic acids is 2. The molecule has 0 aliphatic carbocycles. The molecule has 0 aliphatic rings. The average molecular weight is 448 g/mol. The molecular weight excluding hydrogens is 424 g/mol. The maximum absolute atomic E-state index is 12.4. The first-order valence-electron chi connectivity index (χ1n) is 9.48. The average Bonchev–Trinajstić information content (AvgIpc) is 2.80. The van der Waals surface area contributed by atoms with Gasteiger partial charge in [-0.2, -0.15) is 0 Å². The predicted molar refractivity (Wildman–Crippen MR) is 112 cm³/mol. The van der Waals surface area contributed by atoms with Gasteiger partial charge in [0, 0.05) is 12.6 Å². The van der Waals surface area contributed by atoms with Crippen LogP contribution < -0.4 is 24.3 Å². The van der Waals surface area contributed by atoms with Gasteiger partial charge in [0.05, 0.1) is 38.9 Å². The Balaban J connectivity index is 2.04. The number of ether oxygens (including phenoxy) is 5. The van der Waals surface area contributed by atoms with E-state index >= 15 is 0 Å². The van der Waals surface area contributed by atoms with Crippen LogP contribution in [0.3, 0.4) is 0 Å². The lowest BCUT2D eigenvalue weighted by molar-refractivity contribution is -0.385. The number of hydrogen-bond donors (Lipinski definition) is 1. The molecule has 0 aromatic heterocycles. The number of methoxy groups -OCH3 is 3. The van der Waals surface area contributed by atoms with E-state index in [1.807, 2.05) is 0 Å². The molecule has 0 saturated carbocycles. The molecule has 0 atom stereocenters. The Morgan fingerprint density at radius 1 is 0.969 bits per heavy atom. The number of carbonyl (C=O) groups is 2. The molecule has 172 valence electrons. The molecule has 0 spiro atoms. The fraction of sp³-hybridized carbons (Fsp3) is 0.333. The Bertz CT molecular complexity index is 991. The quantitative estimate of drug-likeness (QED) is 0.312. The second kappa shape index (κ2) is 11.4. The van der Waals surface area contributed by atoms with E-state index in [-0.39, 0.29) is 30.2 Å². The minimum atomic E-state index is -1.04. The summed E-state index contributed by atoms with van der Waals surface area (Å²) < 4.78 is 25.7. The summed E-state index contributed by atoms with van der Waals surface area (Å²) in [5.41, 5.74) is -0.151. The number of rotatable bonds is 11. The topological polar surface area (TPSA) is 135 Å². The van der Waals surface area contributed by atoms with Crippen LogP contribution in [0.5, 0.6) is 23.0 Å². The summed E-state index contributed by atoms with van der Waals surface area (Å²) in [7, 11) is 4.33. The van der Waals surface area contributed by atoms with Crippen LogP contribution in [0.15, 0.2) is 30.3 Å². The summed E-state index contributed by atoms with van der Waals surface area (Å²) in [6, 6.07) is 7.35. The highest BCUT2D eigenvalue weighted by atomic mass is 16.6. The fourth-order valence-corrected chi connectivity index (χ4v) is 2.74. The zero-order valence-electron chi connectivity index (χ0n) is 18.1. The van der Waals surface area contributed by atoms with Crippen molar-refractivity contribution in [3.8, 4) is 23.0 Å². The van der Waals surface area contributed by atoms with Crippen molar-refractivity contribution in [1.82, 2.24) is 5.32 Å². The number of nitrogens with zero attached hydrogens (tertiary/aromatic N) is 1. The lowest BCUT2D eigenvalue weighted by Gasteiger charge is -2.12. The largest absolute Gasteiger partial charge is 0.493 e. The fourth-order valence-electron chi connectivity index (χ4n) is 2.74. The molecule has 0 bridgehead atoms. The van der Waals surface area contributed by atoms with Crippen LogP contribution in [0, 0.1) is 10.1 Å². The third kappa shape index (κ3) is 6.00. The predicted octanol–water partition coefficient (Wildman–Crippen LogP) is 2.49. The van der Waals surface area contributed by atoms with E-state index in [0.29, 0.717) is 11.5 Å². The Morgan fingerprint density at radius 2 is 1.62 bits per heavy atom. The van der Waals surface area contributed by atoms with Crippen molar-refractivity contribution in [1.29, 1.82) is 0 Å². The molecule has 0 heterocycles. The summed E-state index contributed by atoms with van der Waals surface area (Å²) in [6.07, 6.45) is 0. The van der Waals surface area contributed by atoms with Gasteiger partial charge in [0.2, 0.25) is 0 Å². The van der Waals surface area contributed by atoms with Gasteiger partial charge in [-0.3, -0.25) is 14.9 Å². The summed E-state index contributed by atoms with van der Waals surface area (Å²) >= 11 is 0. The van der Waals surface area contributed by atoms with Gasteiger partial charge < -0.3 is 29.0 Å². The van der Waals surface area contributed by atoms with E-state index in [2.05, 4.69) is 5.32 Å². The lowest BCUT2D eigenvalue weighted by atomic mass is 10.1. The van der Waals surface area contributed by atoms with Gasteiger partial charge in [0.15, 0.2) is 29.6 Å². The van der Waals surface area contributed by atoms with Crippen LogP contribution in [-0.2, 0) is 16.1 Å². The molecule has 11 nitrogen and oxygen atoms in total. The van der Waals surface area contributed by atoms with Gasteiger partial charge in [-0.05, 0) is 24.6 Å². The van der Waals surface area contributed by atoms with Crippen LogP contribution in [0.1, 0.15) is 22.8 Å². The Labute approximate surface area is 184 Å². The molecule has 0 saturated heterocycles. The molecular formula is C21H24N2O9. The Morgan fingerprint density at radius 3 is 2.22 bits per heavy atom. The van der Waals surface area contributed by atoms with Crippen molar-refractivity contribution in [2.75, 3.05) is 34.5 Å². The minimum Gasteiger partial charge on any atom is -0.493 e. The van der Waals surface area contributed by atoms with E-state index in [9.17, 15) is 19.7 Å². The number of nitro benzene ring substituents is 1. The third-order valence-corrected chi connectivity index (χ3v) is 4.27. The molecule has 0 fully saturated rings. The minimum absolute atomic E-state index is 0.0998. The molecule has 1 amide bonds. The first-order valence-corrected chi connectivity index (χ1v) is 9.48. The second-order valence-electron chi connectivity index (χ2n) is 6.25. The van der Waals surface area contributed by atoms with Crippen LogP contribution in [0.4, 0.5) is 5.69 Å². The molecule has 2 rings (SSSR count). The normalized spacial score (nSPS) is 10.1. The van der Waals surface area contributed by atoms with Crippen molar-refractivity contribution in [2.24, 2.45) is 0 Å². The Hall–Kier alpha value is -4.02. The van der Waals surface area contributed by atoms with Gasteiger partial charge in [-0.25, -0.2) is 4.79 Å². The molecule has 0 radical (unpaired) electrons. The van der Waals surface area contributed by atoms with Crippen LogP contribution >= 0.6 is 0 Å².